The first kappa shape index (κ1) is 10.0. The minimum absolute atomic E-state index is 0.0178. The van der Waals surface area contributed by atoms with Crippen LogP contribution in [0.1, 0.15) is 5.56 Å². The van der Waals surface area contributed by atoms with E-state index in [2.05, 4.69) is 5.16 Å². The molecule has 1 aromatic rings. The third-order valence-corrected chi connectivity index (χ3v) is 2.74. The molecule has 0 atom stereocenters. The van der Waals surface area contributed by atoms with Gasteiger partial charge in [0.1, 0.15) is 0 Å². The summed E-state index contributed by atoms with van der Waals surface area (Å²) in [4.78, 5) is 0.0178. The Bertz CT molecular complexity index is 410. The molecule has 0 aliphatic carbocycles. The lowest BCUT2D eigenvalue weighted by molar-refractivity contribution is 0.322. The van der Waals surface area contributed by atoms with Gasteiger partial charge >= 0.3 is 0 Å². The molecule has 0 bridgehead atoms. The SMILES string of the molecule is O=S(=O)(Cl)c1ccc(C=NO)cc1. The van der Waals surface area contributed by atoms with Crippen molar-refractivity contribution in [2.75, 3.05) is 0 Å². The maximum Gasteiger partial charge on any atom is 0.261 e. The summed E-state index contributed by atoms with van der Waals surface area (Å²) < 4.78 is 21.6. The van der Waals surface area contributed by atoms with Crippen LogP contribution >= 0.6 is 10.7 Å². The summed E-state index contributed by atoms with van der Waals surface area (Å²) in [7, 11) is 1.41. The zero-order chi connectivity index (χ0) is 9.90. The lowest BCUT2D eigenvalue weighted by Gasteiger charge is -1.95. The molecule has 1 aromatic carbocycles. The first-order chi connectivity index (χ1) is 6.04. The van der Waals surface area contributed by atoms with Crippen LogP contribution in [0.15, 0.2) is 34.3 Å². The fourth-order valence-corrected chi connectivity index (χ4v) is 1.55. The van der Waals surface area contributed by atoms with Gasteiger partial charge in [-0.05, 0) is 17.7 Å². The van der Waals surface area contributed by atoms with Crippen molar-refractivity contribution in [2.24, 2.45) is 5.16 Å². The topological polar surface area (TPSA) is 66.7 Å². The number of nitrogens with zero attached hydrogens (tertiary/aromatic N) is 1. The second-order valence-electron chi connectivity index (χ2n) is 2.25. The molecular formula is C7H6ClNO3S. The van der Waals surface area contributed by atoms with E-state index in [4.69, 9.17) is 15.9 Å². The van der Waals surface area contributed by atoms with Gasteiger partial charge in [0.15, 0.2) is 0 Å². The Morgan fingerprint density at radius 3 is 2.23 bits per heavy atom. The molecule has 0 saturated carbocycles. The van der Waals surface area contributed by atoms with Crippen molar-refractivity contribution >= 4 is 25.9 Å². The molecule has 0 spiro atoms. The second kappa shape index (κ2) is 3.76. The van der Waals surface area contributed by atoms with Crippen molar-refractivity contribution in [3.8, 4) is 0 Å². The van der Waals surface area contributed by atoms with Crippen LogP contribution in [0, 0.1) is 0 Å². The van der Waals surface area contributed by atoms with Gasteiger partial charge < -0.3 is 5.21 Å². The highest BCUT2D eigenvalue weighted by Gasteiger charge is 2.08. The lowest BCUT2D eigenvalue weighted by atomic mass is 10.2. The third-order valence-electron chi connectivity index (χ3n) is 1.37. The molecular weight excluding hydrogens is 214 g/mol. The number of hydrogen-bond donors (Lipinski definition) is 1. The molecule has 0 unspecified atom stereocenters. The third kappa shape index (κ3) is 2.71. The fraction of sp³-hybridized carbons (Fsp3) is 0. The minimum atomic E-state index is -3.67. The summed E-state index contributed by atoms with van der Waals surface area (Å²) in [6.45, 7) is 0. The molecule has 0 fully saturated rings. The normalized spacial score (nSPS) is 12.1. The van der Waals surface area contributed by atoms with Crippen LogP contribution in [-0.4, -0.2) is 19.8 Å². The molecule has 0 heterocycles. The van der Waals surface area contributed by atoms with E-state index in [1.807, 2.05) is 0 Å². The highest BCUT2D eigenvalue weighted by molar-refractivity contribution is 8.13. The zero-order valence-corrected chi connectivity index (χ0v) is 7.96. The van der Waals surface area contributed by atoms with Gasteiger partial charge in [0.05, 0.1) is 11.1 Å². The van der Waals surface area contributed by atoms with Gasteiger partial charge in [-0.3, -0.25) is 0 Å². The molecule has 13 heavy (non-hydrogen) atoms. The van der Waals surface area contributed by atoms with Crippen LogP contribution in [0.2, 0.25) is 0 Å². The molecule has 1 N–H and O–H groups in total. The van der Waals surface area contributed by atoms with Crippen molar-refractivity contribution in [1.82, 2.24) is 0 Å². The van der Waals surface area contributed by atoms with Gasteiger partial charge in [-0.2, -0.15) is 0 Å². The van der Waals surface area contributed by atoms with Crippen molar-refractivity contribution in [2.45, 2.75) is 4.90 Å². The molecule has 0 aliphatic heterocycles. The Labute approximate surface area is 79.9 Å². The molecule has 0 amide bonds. The van der Waals surface area contributed by atoms with Crippen LogP contribution in [-0.2, 0) is 9.05 Å². The van der Waals surface area contributed by atoms with E-state index in [0.717, 1.165) is 0 Å². The zero-order valence-electron chi connectivity index (χ0n) is 6.38. The Kier molecular flexibility index (Phi) is 2.90. The quantitative estimate of drug-likeness (QED) is 0.354. The van der Waals surface area contributed by atoms with E-state index in [1.54, 1.807) is 0 Å². The van der Waals surface area contributed by atoms with Gasteiger partial charge in [0.25, 0.3) is 9.05 Å². The molecule has 0 aliphatic rings. The fourth-order valence-electron chi connectivity index (χ4n) is 0.783. The van der Waals surface area contributed by atoms with Gasteiger partial charge in [0.2, 0.25) is 0 Å². The first-order valence-electron chi connectivity index (χ1n) is 3.26. The van der Waals surface area contributed by atoms with Crippen LogP contribution in [0.3, 0.4) is 0 Å². The van der Waals surface area contributed by atoms with E-state index in [-0.39, 0.29) is 4.90 Å². The Hall–Kier alpha value is -1.07. The molecule has 4 nitrogen and oxygen atoms in total. The maximum absolute atomic E-state index is 10.8. The highest BCUT2D eigenvalue weighted by Crippen LogP contribution is 2.14. The highest BCUT2D eigenvalue weighted by atomic mass is 35.7. The standard InChI is InChI=1S/C7H6ClNO3S/c8-13(11,12)7-3-1-6(2-4-7)5-9-10/h1-5,10H. The summed E-state index contributed by atoms with van der Waals surface area (Å²) in [5.41, 5.74) is 0.589. The first-order valence-corrected chi connectivity index (χ1v) is 5.57. The van der Waals surface area contributed by atoms with Crippen LogP contribution in [0.4, 0.5) is 0 Å². The molecule has 70 valence electrons. The maximum atomic E-state index is 10.8. The van der Waals surface area contributed by atoms with Gasteiger partial charge in [-0.1, -0.05) is 17.3 Å². The summed E-state index contributed by atoms with van der Waals surface area (Å²) in [5, 5.41) is 11.0. The Balaban J connectivity index is 3.08. The van der Waals surface area contributed by atoms with Crippen LogP contribution in [0.5, 0.6) is 0 Å². The van der Waals surface area contributed by atoms with E-state index >= 15 is 0 Å². The number of benzene rings is 1. The predicted octanol–water partition coefficient (Wildman–Crippen LogP) is 1.42. The van der Waals surface area contributed by atoms with E-state index in [9.17, 15) is 8.42 Å². The van der Waals surface area contributed by atoms with E-state index in [1.165, 1.54) is 30.5 Å². The molecule has 6 heteroatoms. The average molecular weight is 220 g/mol. The molecule has 0 saturated heterocycles. The monoisotopic (exact) mass is 219 g/mol. The minimum Gasteiger partial charge on any atom is -0.411 e. The summed E-state index contributed by atoms with van der Waals surface area (Å²) in [5.74, 6) is 0. The number of halogens is 1. The van der Waals surface area contributed by atoms with Crippen LogP contribution in [0.25, 0.3) is 0 Å². The summed E-state index contributed by atoms with van der Waals surface area (Å²) >= 11 is 0. The smallest absolute Gasteiger partial charge is 0.261 e. The molecule has 0 radical (unpaired) electrons. The van der Waals surface area contributed by atoms with Crippen molar-refractivity contribution in [3.05, 3.63) is 29.8 Å². The summed E-state index contributed by atoms with van der Waals surface area (Å²) in [6, 6.07) is 5.63. The van der Waals surface area contributed by atoms with E-state index in [0.29, 0.717) is 5.56 Å². The average Bonchev–Trinajstić information content (AvgIpc) is 2.04. The van der Waals surface area contributed by atoms with E-state index < -0.39 is 9.05 Å². The number of oxime groups is 1. The van der Waals surface area contributed by atoms with Crippen LogP contribution < -0.4 is 0 Å². The number of rotatable bonds is 2. The van der Waals surface area contributed by atoms with Gasteiger partial charge in [-0.25, -0.2) is 8.42 Å². The Morgan fingerprint density at radius 1 is 1.31 bits per heavy atom. The van der Waals surface area contributed by atoms with Crippen molar-refractivity contribution < 1.29 is 13.6 Å². The predicted molar refractivity (Wildman–Crippen MR) is 48.9 cm³/mol. The Morgan fingerprint density at radius 2 is 1.85 bits per heavy atom. The molecule has 1 rings (SSSR count). The van der Waals surface area contributed by atoms with Gasteiger partial charge in [0, 0.05) is 10.7 Å². The lowest BCUT2D eigenvalue weighted by Crippen LogP contribution is -1.90. The second-order valence-corrected chi connectivity index (χ2v) is 4.82. The van der Waals surface area contributed by atoms with Gasteiger partial charge in [-0.15, -0.1) is 0 Å². The molecule has 0 aromatic heterocycles. The summed E-state index contributed by atoms with van der Waals surface area (Å²) in [6.07, 6.45) is 1.19. The largest absolute Gasteiger partial charge is 0.411 e. The number of hydrogen-bond acceptors (Lipinski definition) is 4. The van der Waals surface area contributed by atoms with Crippen molar-refractivity contribution in [1.29, 1.82) is 0 Å². The van der Waals surface area contributed by atoms with Crippen molar-refractivity contribution in [3.63, 3.8) is 0 Å².